The van der Waals surface area contributed by atoms with Crippen molar-refractivity contribution < 1.29 is 14.3 Å². The predicted octanol–water partition coefficient (Wildman–Crippen LogP) is 4.04. The van der Waals surface area contributed by atoms with E-state index in [1.165, 1.54) is 22.7 Å². The topological polar surface area (TPSA) is 106 Å². The first-order chi connectivity index (χ1) is 14.6. The van der Waals surface area contributed by atoms with Gasteiger partial charge in [0.2, 0.25) is 11.0 Å². The molecule has 30 heavy (non-hydrogen) atoms. The van der Waals surface area contributed by atoms with Crippen LogP contribution in [0.4, 0.5) is 10.3 Å². The smallest absolute Gasteiger partial charge is 0.257 e. The van der Waals surface area contributed by atoms with Crippen LogP contribution >= 0.6 is 34.4 Å². The molecule has 2 amide bonds. The van der Waals surface area contributed by atoms with Gasteiger partial charge in [-0.25, -0.2) is 4.98 Å². The minimum Gasteiger partial charge on any atom is -0.497 e. The first-order valence-electron chi connectivity index (χ1n) is 9.29. The fraction of sp³-hybridized carbons (Fsp3) is 0.316. The van der Waals surface area contributed by atoms with E-state index in [0.29, 0.717) is 28.0 Å². The third-order valence-corrected chi connectivity index (χ3v) is 7.41. The van der Waals surface area contributed by atoms with Crippen molar-refractivity contribution in [2.75, 3.05) is 23.5 Å². The maximum atomic E-state index is 12.7. The molecule has 0 saturated carbocycles. The lowest BCUT2D eigenvalue weighted by Gasteiger charge is -2.08. The minimum absolute atomic E-state index is 0.142. The van der Waals surface area contributed by atoms with Crippen molar-refractivity contribution in [3.63, 3.8) is 0 Å². The molecule has 4 rings (SSSR count). The van der Waals surface area contributed by atoms with Crippen molar-refractivity contribution in [2.24, 2.45) is 0 Å². The standard InChI is InChI=1S/C19H19N5O3S3/c1-3-28-19-24-23-18(30-19)22-16(26)12-8-9-13-14(12)20-17(29-13)21-15(25)10-4-6-11(27-2)7-5-10/h4-7,12H,3,8-9H2,1-2H3,(H,20,21,25)(H,22,23,26). The van der Waals surface area contributed by atoms with Gasteiger partial charge >= 0.3 is 0 Å². The van der Waals surface area contributed by atoms with Crippen LogP contribution in [0.5, 0.6) is 5.75 Å². The first kappa shape index (κ1) is 20.8. The van der Waals surface area contributed by atoms with Gasteiger partial charge in [-0.05, 0) is 42.9 Å². The quantitative estimate of drug-likeness (QED) is 0.404. The molecular formula is C19H19N5O3S3. The van der Waals surface area contributed by atoms with Gasteiger partial charge in [0, 0.05) is 10.4 Å². The lowest BCUT2D eigenvalue weighted by molar-refractivity contribution is -0.117. The first-order valence-corrected chi connectivity index (χ1v) is 11.9. The summed E-state index contributed by atoms with van der Waals surface area (Å²) >= 11 is 4.37. The molecule has 0 fully saturated rings. The molecule has 156 valence electrons. The lowest BCUT2D eigenvalue weighted by atomic mass is 10.1. The number of carbonyl (C=O) groups excluding carboxylic acids is 2. The summed E-state index contributed by atoms with van der Waals surface area (Å²) in [5.74, 6) is 0.842. The highest BCUT2D eigenvalue weighted by molar-refractivity contribution is 8.01. The number of aromatic nitrogens is 3. The predicted molar refractivity (Wildman–Crippen MR) is 119 cm³/mol. The normalized spacial score (nSPS) is 14.9. The van der Waals surface area contributed by atoms with Gasteiger partial charge in [0.1, 0.15) is 5.75 Å². The monoisotopic (exact) mass is 461 g/mol. The number of aryl methyl sites for hydroxylation is 1. The van der Waals surface area contributed by atoms with Gasteiger partial charge in [0.25, 0.3) is 5.91 Å². The number of benzene rings is 1. The van der Waals surface area contributed by atoms with Gasteiger partial charge in [-0.15, -0.1) is 21.5 Å². The highest BCUT2D eigenvalue weighted by Crippen LogP contribution is 2.39. The van der Waals surface area contributed by atoms with E-state index in [1.807, 2.05) is 6.92 Å². The maximum absolute atomic E-state index is 12.7. The molecular weight excluding hydrogens is 442 g/mol. The summed E-state index contributed by atoms with van der Waals surface area (Å²) in [5.41, 5.74) is 1.24. The molecule has 1 aliphatic carbocycles. The molecule has 2 N–H and O–H groups in total. The molecule has 3 aromatic rings. The number of rotatable bonds is 7. The van der Waals surface area contributed by atoms with Gasteiger partial charge in [-0.3, -0.25) is 20.2 Å². The van der Waals surface area contributed by atoms with E-state index in [4.69, 9.17) is 4.74 Å². The number of hydrogen-bond acceptors (Lipinski definition) is 9. The van der Waals surface area contributed by atoms with Gasteiger partial charge in [-0.2, -0.15) is 0 Å². The van der Waals surface area contributed by atoms with Crippen molar-refractivity contribution >= 4 is 56.5 Å². The Morgan fingerprint density at radius 2 is 1.97 bits per heavy atom. The Morgan fingerprint density at radius 3 is 2.70 bits per heavy atom. The molecule has 1 unspecified atom stereocenters. The number of amides is 2. The molecule has 0 spiro atoms. The van der Waals surface area contributed by atoms with E-state index < -0.39 is 0 Å². The van der Waals surface area contributed by atoms with E-state index in [1.54, 1.807) is 43.1 Å². The van der Waals surface area contributed by atoms with Gasteiger partial charge in [0.15, 0.2) is 9.47 Å². The number of anilines is 2. The molecule has 0 aliphatic heterocycles. The molecule has 0 radical (unpaired) electrons. The van der Waals surface area contributed by atoms with Gasteiger partial charge < -0.3 is 4.74 Å². The fourth-order valence-electron chi connectivity index (χ4n) is 3.08. The number of thioether (sulfide) groups is 1. The average Bonchev–Trinajstić information content (AvgIpc) is 3.44. The summed E-state index contributed by atoms with van der Waals surface area (Å²) in [6, 6.07) is 6.85. The number of methoxy groups -OCH3 is 1. The van der Waals surface area contributed by atoms with Crippen molar-refractivity contribution in [3.05, 3.63) is 40.4 Å². The maximum Gasteiger partial charge on any atom is 0.257 e. The summed E-state index contributed by atoms with van der Waals surface area (Å²) in [5, 5.41) is 14.7. The van der Waals surface area contributed by atoms with Crippen molar-refractivity contribution in [1.29, 1.82) is 0 Å². The van der Waals surface area contributed by atoms with Crippen LogP contribution in [0.1, 0.15) is 40.2 Å². The Labute approximate surface area is 185 Å². The molecule has 1 aromatic carbocycles. The van der Waals surface area contributed by atoms with E-state index >= 15 is 0 Å². The van der Waals surface area contributed by atoms with E-state index in [2.05, 4.69) is 25.8 Å². The molecule has 11 heteroatoms. The summed E-state index contributed by atoms with van der Waals surface area (Å²) in [4.78, 5) is 30.8. The Hall–Kier alpha value is -2.50. The Balaban J connectivity index is 1.42. The number of nitrogens with zero attached hydrogens (tertiary/aromatic N) is 3. The number of carbonyl (C=O) groups is 2. The SMILES string of the molecule is CCSc1nnc(NC(=O)C2CCc3sc(NC(=O)c4ccc(OC)cc4)nc32)s1. The summed E-state index contributed by atoms with van der Waals surface area (Å²) in [6.07, 6.45) is 1.46. The van der Waals surface area contributed by atoms with Crippen LogP contribution in [-0.4, -0.2) is 39.9 Å². The largest absolute Gasteiger partial charge is 0.497 e. The van der Waals surface area contributed by atoms with Crippen LogP contribution in [-0.2, 0) is 11.2 Å². The molecule has 0 saturated heterocycles. The van der Waals surface area contributed by atoms with Crippen LogP contribution in [0.3, 0.4) is 0 Å². The zero-order valence-corrected chi connectivity index (χ0v) is 18.7. The molecule has 1 aliphatic rings. The second-order valence-corrected chi connectivity index (χ2v) is 9.97. The van der Waals surface area contributed by atoms with Crippen LogP contribution in [0, 0.1) is 0 Å². The summed E-state index contributed by atoms with van der Waals surface area (Å²) in [6.45, 7) is 2.04. The Morgan fingerprint density at radius 1 is 1.17 bits per heavy atom. The molecule has 1 atom stereocenters. The highest BCUT2D eigenvalue weighted by Gasteiger charge is 2.33. The Bertz CT molecular complexity index is 1060. The van der Waals surface area contributed by atoms with E-state index in [-0.39, 0.29) is 17.7 Å². The third kappa shape index (κ3) is 4.47. The number of hydrogen-bond donors (Lipinski definition) is 2. The van der Waals surface area contributed by atoms with Gasteiger partial charge in [0.05, 0.1) is 18.7 Å². The van der Waals surface area contributed by atoms with Crippen molar-refractivity contribution in [1.82, 2.24) is 15.2 Å². The summed E-state index contributed by atoms with van der Waals surface area (Å²) in [7, 11) is 1.58. The summed E-state index contributed by atoms with van der Waals surface area (Å²) < 4.78 is 5.94. The number of nitrogens with one attached hydrogen (secondary N) is 2. The highest BCUT2D eigenvalue weighted by atomic mass is 32.2. The molecule has 2 aromatic heterocycles. The number of ether oxygens (including phenoxy) is 1. The number of fused-ring (bicyclic) bond motifs is 1. The molecule has 2 heterocycles. The third-order valence-electron chi connectivity index (χ3n) is 4.51. The zero-order valence-electron chi connectivity index (χ0n) is 16.3. The van der Waals surface area contributed by atoms with Crippen LogP contribution < -0.4 is 15.4 Å². The van der Waals surface area contributed by atoms with Crippen molar-refractivity contribution in [2.45, 2.75) is 30.0 Å². The van der Waals surface area contributed by atoms with Crippen LogP contribution in [0.25, 0.3) is 0 Å². The van der Waals surface area contributed by atoms with Crippen molar-refractivity contribution in [3.8, 4) is 5.75 Å². The minimum atomic E-state index is -0.353. The average molecular weight is 462 g/mol. The van der Waals surface area contributed by atoms with E-state index in [9.17, 15) is 9.59 Å². The molecule has 8 nitrogen and oxygen atoms in total. The van der Waals surface area contributed by atoms with E-state index in [0.717, 1.165) is 27.1 Å². The van der Waals surface area contributed by atoms with Gasteiger partial charge in [-0.1, -0.05) is 30.0 Å². The number of thiazole rings is 1. The van der Waals surface area contributed by atoms with Crippen LogP contribution in [0.15, 0.2) is 28.6 Å². The Kier molecular flexibility index (Phi) is 6.30. The second-order valence-electron chi connectivity index (χ2n) is 6.40. The fourth-order valence-corrected chi connectivity index (χ4v) is 5.77. The second kappa shape index (κ2) is 9.11. The molecule has 0 bridgehead atoms. The lowest BCUT2D eigenvalue weighted by Crippen LogP contribution is -2.20. The van der Waals surface area contributed by atoms with Crippen LogP contribution in [0.2, 0.25) is 0 Å². The zero-order chi connectivity index (χ0) is 21.1.